The van der Waals surface area contributed by atoms with E-state index in [0.29, 0.717) is 29.9 Å². The third-order valence-corrected chi connectivity index (χ3v) is 7.30. The minimum absolute atomic E-state index is 0.303. The number of aryl methyl sites for hydroxylation is 1. The number of nitrogens with zero attached hydrogens (tertiary/aromatic N) is 7. The normalized spacial score (nSPS) is 28.0. The lowest BCUT2D eigenvalue weighted by Crippen LogP contribution is -2.48. The summed E-state index contributed by atoms with van der Waals surface area (Å²) >= 11 is 0. The van der Waals surface area contributed by atoms with E-state index in [9.17, 15) is 0 Å². The molecule has 0 radical (unpaired) electrons. The van der Waals surface area contributed by atoms with Gasteiger partial charge in [-0.3, -0.25) is 0 Å². The molecule has 2 fully saturated rings. The van der Waals surface area contributed by atoms with Gasteiger partial charge in [0.25, 0.3) is 0 Å². The largest absolute Gasteiger partial charge is 0.444 e. The van der Waals surface area contributed by atoms with E-state index in [-0.39, 0.29) is 0 Å². The fourth-order valence-corrected chi connectivity index (χ4v) is 5.55. The lowest BCUT2D eigenvalue weighted by molar-refractivity contribution is -0.704. The van der Waals surface area contributed by atoms with Gasteiger partial charge in [0.2, 0.25) is 12.4 Å². The zero-order valence-corrected chi connectivity index (χ0v) is 19.1. The van der Waals surface area contributed by atoms with Crippen molar-refractivity contribution in [3.05, 3.63) is 73.4 Å². The minimum atomic E-state index is 0.303. The highest BCUT2D eigenvalue weighted by atomic mass is 15.4. The third-order valence-electron chi connectivity index (χ3n) is 7.30. The molecule has 33 heavy (non-hydrogen) atoms. The number of anilines is 2. The van der Waals surface area contributed by atoms with Gasteiger partial charge in [-0.2, -0.15) is 4.57 Å². The lowest BCUT2D eigenvalue weighted by atomic mass is 9.86. The first-order valence-corrected chi connectivity index (χ1v) is 12.1. The predicted molar refractivity (Wildman–Crippen MR) is 127 cm³/mol. The summed E-state index contributed by atoms with van der Waals surface area (Å²) in [5.41, 5.74) is 0. The van der Waals surface area contributed by atoms with Crippen molar-refractivity contribution in [2.24, 2.45) is 18.9 Å². The molecule has 7 nitrogen and oxygen atoms in total. The Hall–Kier alpha value is -3.35. The van der Waals surface area contributed by atoms with Gasteiger partial charge in [0.05, 0.1) is 12.1 Å². The van der Waals surface area contributed by atoms with E-state index in [1.165, 1.54) is 12.8 Å². The Balaban J connectivity index is 1.44. The number of hydrogen-bond donors (Lipinski definition) is 0. The highest BCUT2D eigenvalue weighted by molar-refractivity contribution is 5.46. The fraction of sp³-hybridized carbons (Fsp3) is 0.423. The van der Waals surface area contributed by atoms with Crippen LogP contribution in [-0.4, -0.2) is 40.1 Å². The maximum absolute atomic E-state index is 5.10. The number of allylic oxidation sites excluding steroid dienone is 4. The average molecular weight is 442 g/mol. The van der Waals surface area contributed by atoms with Crippen molar-refractivity contribution in [2.75, 3.05) is 22.9 Å². The quantitative estimate of drug-likeness (QED) is 0.685. The molecule has 2 aromatic heterocycles. The number of hydrogen-bond acceptors (Lipinski definition) is 5. The van der Waals surface area contributed by atoms with Crippen LogP contribution in [-0.2, 0) is 7.05 Å². The third kappa shape index (κ3) is 3.86. The average Bonchev–Trinajstić information content (AvgIpc) is 2.88. The van der Waals surface area contributed by atoms with Crippen molar-refractivity contribution in [1.29, 1.82) is 0 Å². The Kier molecular flexibility index (Phi) is 5.24. The number of aromatic nitrogens is 5. The van der Waals surface area contributed by atoms with Gasteiger partial charge >= 0.3 is 17.8 Å². The molecule has 7 heteroatoms. The molecule has 2 aliphatic carbocycles. The van der Waals surface area contributed by atoms with Crippen LogP contribution < -0.4 is 18.9 Å². The van der Waals surface area contributed by atoms with Crippen molar-refractivity contribution >= 4 is 11.9 Å². The van der Waals surface area contributed by atoms with Crippen LogP contribution in [0.25, 0.3) is 5.95 Å². The highest BCUT2D eigenvalue weighted by Gasteiger charge is 2.37. The summed E-state index contributed by atoms with van der Waals surface area (Å²) in [6.45, 7) is 1.93. The summed E-state index contributed by atoms with van der Waals surface area (Å²) < 4.78 is 4.01. The van der Waals surface area contributed by atoms with E-state index < -0.39 is 0 Å². The monoisotopic (exact) mass is 441 g/mol. The second-order valence-corrected chi connectivity index (χ2v) is 9.42. The van der Waals surface area contributed by atoms with Gasteiger partial charge in [-0.25, -0.2) is 4.57 Å². The molecule has 4 heterocycles. The second kappa shape index (κ2) is 8.54. The van der Waals surface area contributed by atoms with Gasteiger partial charge in [-0.1, -0.05) is 48.6 Å². The first kappa shape index (κ1) is 20.3. The Labute approximate surface area is 195 Å². The minimum Gasteiger partial charge on any atom is -0.320 e. The van der Waals surface area contributed by atoms with Crippen molar-refractivity contribution in [3.63, 3.8) is 0 Å². The standard InChI is InChI=1S/C26H31N7/c1-30-16-18-31(19-17-30)24-27-25(32-14-6-10-20-8-2-4-12-22(20)32)29-26(28-24)33-15-7-11-21-9-3-5-13-23(21)33/h2-5,8-9,12-13,16-23H,6-7,10-11,14-15H2,1H3/q+2. The summed E-state index contributed by atoms with van der Waals surface area (Å²) in [4.78, 5) is 19.8. The van der Waals surface area contributed by atoms with Gasteiger partial charge in [0, 0.05) is 24.9 Å². The molecule has 0 saturated carbocycles. The van der Waals surface area contributed by atoms with Gasteiger partial charge in [-0.05, 0) is 35.7 Å². The number of piperidine rings is 2. The van der Waals surface area contributed by atoms with Crippen LogP contribution in [0.2, 0.25) is 0 Å². The van der Waals surface area contributed by atoms with Crippen LogP contribution in [0.3, 0.4) is 0 Å². The van der Waals surface area contributed by atoms with E-state index in [2.05, 4.69) is 58.4 Å². The van der Waals surface area contributed by atoms with Crippen molar-refractivity contribution in [3.8, 4) is 5.95 Å². The van der Waals surface area contributed by atoms with Crippen LogP contribution in [0, 0.1) is 11.8 Å². The number of rotatable bonds is 3. The molecular formula is C26H31N7+2. The van der Waals surface area contributed by atoms with Gasteiger partial charge < -0.3 is 9.80 Å². The Morgan fingerprint density at radius 1 is 0.697 bits per heavy atom. The molecule has 4 unspecified atom stereocenters. The SMILES string of the molecule is C[n+]1cc[n+](-c2nc(N3CCCC4C=CC=CC43)nc(N3CCCC4C=CC=CC43)n2)cc1. The van der Waals surface area contributed by atoms with Crippen LogP contribution >= 0.6 is 0 Å². The summed E-state index contributed by atoms with van der Waals surface area (Å²) in [7, 11) is 2.02. The molecule has 4 aliphatic rings. The van der Waals surface area contributed by atoms with E-state index in [1.54, 1.807) is 0 Å². The predicted octanol–water partition coefficient (Wildman–Crippen LogP) is 2.39. The molecule has 2 saturated heterocycles. The van der Waals surface area contributed by atoms with Crippen LogP contribution in [0.15, 0.2) is 73.4 Å². The maximum atomic E-state index is 5.10. The van der Waals surface area contributed by atoms with Gasteiger partial charge in [0.15, 0.2) is 0 Å². The molecule has 0 amide bonds. The molecule has 2 aliphatic heterocycles. The molecule has 0 spiro atoms. The first-order chi connectivity index (χ1) is 16.3. The van der Waals surface area contributed by atoms with Crippen LogP contribution in [0.4, 0.5) is 11.9 Å². The van der Waals surface area contributed by atoms with Gasteiger partial charge in [-0.15, -0.1) is 4.98 Å². The Morgan fingerprint density at radius 2 is 1.21 bits per heavy atom. The topological polar surface area (TPSA) is 52.9 Å². The first-order valence-electron chi connectivity index (χ1n) is 12.1. The zero-order chi connectivity index (χ0) is 22.2. The Morgan fingerprint density at radius 3 is 1.76 bits per heavy atom. The fourth-order valence-electron chi connectivity index (χ4n) is 5.55. The molecule has 0 bridgehead atoms. The molecule has 168 valence electrons. The molecule has 6 rings (SSSR count). The summed E-state index contributed by atoms with van der Waals surface area (Å²) in [6.07, 6.45) is 30.7. The summed E-state index contributed by atoms with van der Waals surface area (Å²) in [5, 5.41) is 0. The van der Waals surface area contributed by atoms with E-state index in [1.807, 2.05) is 41.0 Å². The smallest absolute Gasteiger partial charge is 0.320 e. The van der Waals surface area contributed by atoms with E-state index >= 15 is 0 Å². The molecule has 0 aromatic carbocycles. The van der Waals surface area contributed by atoms with Crippen molar-refractivity contribution in [1.82, 2.24) is 15.0 Å². The molecule has 4 atom stereocenters. The summed E-state index contributed by atoms with van der Waals surface area (Å²) in [6, 6.07) is 0.606. The summed E-state index contributed by atoms with van der Waals surface area (Å²) in [5.74, 6) is 3.26. The van der Waals surface area contributed by atoms with Crippen molar-refractivity contribution in [2.45, 2.75) is 37.8 Å². The molecule has 2 aromatic rings. The number of fused-ring (bicyclic) bond motifs is 2. The highest BCUT2D eigenvalue weighted by Crippen LogP contribution is 2.34. The van der Waals surface area contributed by atoms with E-state index in [4.69, 9.17) is 15.0 Å². The van der Waals surface area contributed by atoms with Crippen molar-refractivity contribution < 1.29 is 9.13 Å². The lowest BCUT2D eigenvalue weighted by Gasteiger charge is -2.40. The zero-order valence-electron chi connectivity index (χ0n) is 19.1. The Bertz CT molecular complexity index is 1070. The second-order valence-electron chi connectivity index (χ2n) is 9.42. The van der Waals surface area contributed by atoms with Crippen LogP contribution in [0.1, 0.15) is 25.7 Å². The van der Waals surface area contributed by atoms with Crippen LogP contribution in [0.5, 0.6) is 0 Å². The van der Waals surface area contributed by atoms with E-state index in [0.717, 1.165) is 37.8 Å². The van der Waals surface area contributed by atoms with Gasteiger partial charge in [0.1, 0.15) is 19.4 Å². The molecular weight excluding hydrogens is 410 g/mol. The molecule has 0 N–H and O–H groups in total. The maximum Gasteiger partial charge on any atom is 0.444 e.